The Kier molecular flexibility index (Phi) is 5.88. The average Bonchev–Trinajstić information content (AvgIpc) is 2.32. The lowest BCUT2D eigenvalue weighted by atomic mass is 10.2. The van der Waals surface area contributed by atoms with Gasteiger partial charge in [0.2, 0.25) is 0 Å². The minimum Gasteiger partial charge on any atom is -0.337 e. The number of hydrogen-bond donors (Lipinski definition) is 2. The summed E-state index contributed by atoms with van der Waals surface area (Å²) < 4.78 is 13.0. The number of rotatable bonds is 5. The molecule has 0 aromatic heterocycles. The van der Waals surface area contributed by atoms with Crippen molar-refractivity contribution in [1.82, 2.24) is 15.5 Å². The van der Waals surface area contributed by atoms with E-state index >= 15 is 0 Å². The lowest BCUT2D eigenvalue weighted by Crippen LogP contribution is -2.38. The van der Waals surface area contributed by atoms with Crippen LogP contribution in [0.2, 0.25) is 5.02 Å². The Morgan fingerprint density at radius 1 is 1.39 bits per heavy atom. The molecule has 0 saturated carbocycles. The molecule has 6 heteroatoms. The van der Waals surface area contributed by atoms with E-state index in [0.717, 1.165) is 0 Å². The van der Waals surface area contributed by atoms with Gasteiger partial charge in [-0.05, 0) is 23.8 Å². The fraction of sp³-hybridized carbons (Fsp3) is 0.417. The Hall–Kier alpha value is -1.33. The highest BCUT2D eigenvalue weighted by atomic mass is 35.5. The van der Waals surface area contributed by atoms with Crippen molar-refractivity contribution in [2.75, 3.05) is 27.2 Å². The van der Waals surface area contributed by atoms with Crippen molar-refractivity contribution in [3.05, 3.63) is 34.6 Å². The van der Waals surface area contributed by atoms with E-state index < -0.39 is 0 Å². The first-order chi connectivity index (χ1) is 8.50. The van der Waals surface area contributed by atoms with E-state index in [9.17, 15) is 9.18 Å². The van der Waals surface area contributed by atoms with Crippen molar-refractivity contribution in [3.8, 4) is 0 Å². The molecule has 2 amide bonds. The predicted molar refractivity (Wildman–Crippen MR) is 70.2 cm³/mol. The molecule has 1 aromatic carbocycles. The predicted octanol–water partition coefficient (Wildman–Crippen LogP) is 1.84. The van der Waals surface area contributed by atoms with E-state index in [1.807, 2.05) is 0 Å². The molecule has 0 fully saturated rings. The van der Waals surface area contributed by atoms with E-state index in [1.54, 1.807) is 14.1 Å². The van der Waals surface area contributed by atoms with Gasteiger partial charge in [-0.3, -0.25) is 0 Å². The maximum atomic E-state index is 13.0. The standard InChI is InChI=1S/C12H17ClFN3O/c1-17(2)12(18)16-6-5-15-8-9-7-10(14)3-4-11(9)13/h3-4,7,15H,5-6,8H2,1-2H3,(H,16,18). The zero-order valence-corrected chi connectivity index (χ0v) is 11.2. The van der Waals surface area contributed by atoms with Crippen molar-refractivity contribution >= 4 is 17.6 Å². The minimum atomic E-state index is -0.308. The summed E-state index contributed by atoms with van der Waals surface area (Å²) in [5.41, 5.74) is 0.704. The molecule has 100 valence electrons. The van der Waals surface area contributed by atoms with E-state index in [-0.39, 0.29) is 11.8 Å². The second-order valence-corrected chi connectivity index (χ2v) is 4.45. The van der Waals surface area contributed by atoms with Crippen molar-refractivity contribution in [3.63, 3.8) is 0 Å². The highest BCUT2D eigenvalue weighted by Gasteiger charge is 2.03. The van der Waals surface area contributed by atoms with Gasteiger partial charge in [-0.25, -0.2) is 9.18 Å². The van der Waals surface area contributed by atoms with Gasteiger partial charge in [-0.2, -0.15) is 0 Å². The number of hydrogen-bond acceptors (Lipinski definition) is 2. The molecule has 18 heavy (non-hydrogen) atoms. The summed E-state index contributed by atoms with van der Waals surface area (Å²) in [5.74, 6) is -0.308. The summed E-state index contributed by atoms with van der Waals surface area (Å²) in [4.78, 5) is 12.7. The number of carbonyl (C=O) groups is 1. The molecule has 0 aliphatic rings. The molecule has 4 nitrogen and oxygen atoms in total. The highest BCUT2D eigenvalue weighted by Crippen LogP contribution is 2.16. The van der Waals surface area contributed by atoms with Gasteiger partial charge in [0.1, 0.15) is 5.82 Å². The molecule has 0 spiro atoms. The molecular weight excluding hydrogens is 257 g/mol. The molecular formula is C12H17ClFN3O. The third-order valence-corrected chi connectivity index (χ3v) is 2.68. The van der Waals surface area contributed by atoms with E-state index in [4.69, 9.17) is 11.6 Å². The quantitative estimate of drug-likeness (QED) is 0.804. The second-order valence-electron chi connectivity index (χ2n) is 4.04. The summed E-state index contributed by atoms with van der Waals surface area (Å²) in [6.45, 7) is 1.56. The molecule has 0 atom stereocenters. The molecule has 0 saturated heterocycles. The van der Waals surface area contributed by atoms with Crippen molar-refractivity contribution in [1.29, 1.82) is 0 Å². The zero-order chi connectivity index (χ0) is 13.5. The molecule has 0 unspecified atom stereocenters. The van der Waals surface area contributed by atoms with Gasteiger partial charge in [0, 0.05) is 38.8 Å². The summed E-state index contributed by atoms with van der Waals surface area (Å²) in [6.07, 6.45) is 0. The van der Waals surface area contributed by atoms with Gasteiger partial charge < -0.3 is 15.5 Å². The van der Waals surface area contributed by atoms with Crippen LogP contribution in [0.5, 0.6) is 0 Å². The molecule has 1 rings (SSSR count). The number of urea groups is 1. The molecule has 1 aromatic rings. The van der Waals surface area contributed by atoms with Crippen LogP contribution in [0.1, 0.15) is 5.56 Å². The number of carbonyl (C=O) groups excluding carboxylic acids is 1. The molecule has 0 bridgehead atoms. The number of nitrogens with one attached hydrogen (secondary N) is 2. The lowest BCUT2D eigenvalue weighted by Gasteiger charge is -2.12. The van der Waals surface area contributed by atoms with Crippen molar-refractivity contribution in [2.45, 2.75) is 6.54 Å². The third kappa shape index (κ3) is 4.89. The Labute approximate surface area is 111 Å². The van der Waals surface area contributed by atoms with Crippen LogP contribution in [-0.2, 0) is 6.54 Å². The van der Waals surface area contributed by atoms with Crippen molar-refractivity contribution in [2.24, 2.45) is 0 Å². The van der Waals surface area contributed by atoms with E-state index in [1.165, 1.54) is 23.1 Å². The minimum absolute atomic E-state index is 0.138. The van der Waals surface area contributed by atoms with Gasteiger partial charge in [0.05, 0.1) is 0 Å². The summed E-state index contributed by atoms with van der Waals surface area (Å²) in [6, 6.07) is 4.11. The van der Waals surface area contributed by atoms with E-state index in [0.29, 0.717) is 30.2 Å². The van der Waals surface area contributed by atoms with Gasteiger partial charge in [-0.15, -0.1) is 0 Å². The molecule has 0 heterocycles. The number of nitrogens with zero attached hydrogens (tertiary/aromatic N) is 1. The Bertz CT molecular complexity index is 412. The van der Waals surface area contributed by atoms with Gasteiger partial charge >= 0.3 is 6.03 Å². The van der Waals surface area contributed by atoms with Crippen LogP contribution in [0.4, 0.5) is 9.18 Å². The first-order valence-corrected chi connectivity index (χ1v) is 5.98. The van der Waals surface area contributed by atoms with Crippen LogP contribution in [0.3, 0.4) is 0 Å². The maximum Gasteiger partial charge on any atom is 0.316 e. The monoisotopic (exact) mass is 273 g/mol. The van der Waals surface area contributed by atoms with Gasteiger partial charge in [0.25, 0.3) is 0 Å². The normalized spacial score (nSPS) is 10.2. The third-order valence-electron chi connectivity index (χ3n) is 2.31. The van der Waals surface area contributed by atoms with Gasteiger partial charge in [0.15, 0.2) is 0 Å². The Morgan fingerprint density at radius 2 is 2.11 bits per heavy atom. The number of halogens is 2. The molecule has 0 aliphatic heterocycles. The Balaban J connectivity index is 2.26. The highest BCUT2D eigenvalue weighted by molar-refractivity contribution is 6.31. The maximum absolute atomic E-state index is 13.0. The first-order valence-electron chi connectivity index (χ1n) is 5.60. The van der Waals surface area contributed by atoms with Crippen LogP contribution >= 0.6 is 11.6 Å². The first kappa shape index (κ1) is 14.7. The van der Waals surface area contributed by atoms with Gasteiger partial charge in [-0.1, -0.05) is 11.6 Å². The zero-order valence-electron chi connectivity index (χ0n) is 10.5. The lowest BCUT2D eigenvalue weighted by molar-refractivity contribution is 0.217. The smallest absolute Gasteiger partial charge is 0.316 e. The SMILES string of the molecule is CN(C)C(=O)NCCNCc1cc(F)ccc1Cl. The van der Waals surface area contributed by atoms with Crippen LogP contribution in [-0.4, -0.2) is 38.1 Å². The summed E-state index contributed by atoms with van der Waals surface area (Å²) in [5, 5.41) is 6.32. The average molecular weight is 274 g/mol. The van der Waals surface area contributed by atoms with Crippen LogP contribution in [0.25, 0.3) is 0 Å². The fourth-order valence-electron chi connectivity index (χ4n) is 1.32. The summed E-state index contributed by atoms with van der Waals surface area (Å²) >= 11 is 5.92. The topological polar surface area (TPSA) is 44.4 Å². The second kappa shape index (κ2) is 7.18. The van der Waals surface area contributed by atoms with Crippen molar-refractivity contribution < 1.29 is 9.18 Å². The number of amides is 2. The fourth-order valence-corrected chi connectivity index (χ4v) is 1.50. The number of benzene rings is 1. The largest absolute Gasteiger partial charge is 0.337 e. The molecule has 0 radical (unpaired) electrons. The molecule has 0 aliphatic carbocycles. The Morgan fingerprint density at radius 3 is 2.78 bits per heavy atom. The van der Waals surface area contributed by atoms with Crippen LogP contribution in [0.15, 0.2) is 18.2 Å². The molecule has 2 N–H and O–H groups in total. The van der Waals surface area contributed by atoms with E-state index in [2.05, 4.69) is 10.6 Å². The van der Waals surface area contributed by atoms with Crippen LogP contribution in [0, 0.1) is 5.82 Å². The van der Waals surface area contributed by atoms with Crippen LogP contribution < -0.4 is 10.6 Å². The summed E-state index contributed by atoms with van der Waals surface area (Å²) in [7, 11) is 3.35.